The maximum atomic E-state index is 11.7. The highest BCUT2D eigenvalue weighted by Crippen LogP contribution is 2.22. The van der Waals surface area contributed by atoms with Crippen LogP contribution in [0.15, 0.2) is 24.3 Å². The van der Waals surface area contributed by atoms with E-state index in [1.807, 2.05) is 19.1 Å². The fraction of sp³-hybridized carbons (Fsp3) is 0.500. The normalized spacial score (nSPS) is 13.5. The second-order valence-electron chi connectivity index (χ2n) is 5.18. The lowest BCUT2D eigenvalue weighted by molar-refractivity contribution is -0.123. The number of hydrogen-bond acceptors (Lipinski definition) is 2. The molecule has 0 aliphatic carbocycles. The van der Waals surface area contributed by atoms with Crippen LogP contribution in [0, 0.1) is 3.57 Å². The fourth-order valence-electron chi connectivity index (χ4n) is 1.81. The summed E-state index contributed by atoms with van der Waals surface area (Å²) in [4.78, 5) is 11.7. The Morgan fingerprint density at radius 3 is 2.35 bits per heavy atom. The second kappa shape index (κ2) is 5.96. The van der Waals surface area contributed by atoms with E-state index in [0.717, 1.165) is 0 Å². The van der Waals surface area contributed by atoms with Gasteiger partial charge in [-0.05, 0) is 60.1 Å². The van der Waals surface area contributed by atoms with Gasteiger partial charge in [0.25, 0.3) is 0 Å². The summed E-state index contributed by atoms with van der Waals surface area (Å²) >= 11 is 2.26. The van der Waals surface area contributed by atoms with E-state index in [9.17, 15) is 9.90 Å². The lowest BCUT2D eigenvalue weighted by Crippen LogP contribution is -2.23. The number of benzene rings is 1. The average molecular weight is 346 g/mol. The summed E-state index contributed by atoms with van der Waals surface area (Å²) in [5.74, 6) is 0.324. The van der Waals surface area contributed by atoms with Crippen LogP contribution in [0.3, 0.4) is 0 Å². The fourth-order valence-corrected chi connectivity index (χ4v) is 2.16. The van der Waals surface area contributed by atoms with Gasteiger partial charge in [0.1, 0.15) is 5.78 Å². The van der Waals surface area contributed by atoms with Crippen molar-refractivity contribution in [2.24, 2.45) is 0 Å². The number of aliphatic hydroxyl groups is 1. The lowest BCUT2D eigenvalue weighted by Gasteiger charge is -2.17. The molecule has 94 valence electrons. The molecule has 0 aliphatic heterocycles. The number of carbonyl (C=O) groups is 1. The number of rotatable bonds is 5. The smallest absolute Gasteiger partial charge is 0.136 e. The Balaban J connectivity index is 2.57. The SMILES string of the molecule is C[C@@H](CC(=O)CC(C)(C)O)c1ccc(I)cc1. The molecule has 1 aromatic rings. The Bertz CT molecular complexity index is 376. The number of carbonyl (C=O) groups excluding carboxylic acids is 1. The van der Waals surface area contributed by atoms with Crippen LogP contribution in [0.5, 0.6) is 0 Å². The lowest BCUT2D eigenvalue weighted by atomic mass is 9.91. The van der Waals surface area contributed by atoms with Crippen LogP contribution in [-0.4, -0.2) is 16.5 Å². The van der Waals surface area contributed by atoms with E-state index in [1.165, 1.54) is 9.13 Å². The molecule has 0 spiro atoms. The van der Waals surface area contributed by atoms with Crippen molar-refractivity contribution in [1.29, 1.82) is 0 Å². The number of halogens is 1. The van der Waals surface area contributed by atoms with Crippen LogP contribution in [0.1, 0.15) is 45.1 Å². The minimum absolute atomic E-state index is 0.114. The maximum Gasteiger partial charge on any atom is 0.136 e. The van der Waals surface area contributed by atoms with E-state index in [2.05, 4.69) is 34.7 Å². The zero-order chi connectivity index (χ0) is 13.1. The van der Waals surface area contributed by atoms with Gasteiger partial charge in [-0.15, -0.1) is 0 Å². The van der Waals surface area contributed by atoms with Gasteiger partial charge in [0.05, 0.1) is 5.60 Å². The monoisotopic (exact) mass is 346 g/mol. The molecule has 0 bridgehead atoms. The highest BCUT2D eigenvalue weighted by atomic mass is 127. The average Bonchev–Trinajstić information content (AvgIpc) is 2.15. The second-order valence-corrected chi connectivity index (χ2v) is 6.43. The highest BCUT2D eigenvalue weighted by molar-refractivity contribution is 14.1. The molecule has 0 aliphatic rings. The Kier molecular flexibility index (Phi) is 5.13. The first kappa shape index (κ1) is 14.6. The van der Waals surface area contributed by atoms with Crippen LogP contribution in [0.25, 0.3) is 0 Å². The zero-order valence-electron chi connectivity index (χ0n) is 10.5. The van der Waals surface area contributed by atoms with Crippen LogP contribution >= 0.6 is 22.6 Å². The first-order chi connectivity index (χ1) is 7.78. The Morgan fingerprint density at radius 2 is 1.88 bits per heavy atom. The molecule has 0 heterocycles. The molecular weight excluding hydrogens is 327 g/mol. The van der Waals surface area contributed by atoms with Gasteiger partial charge in [0.2, 0.25) is 0 Å². The molecule has 0 aromatic heterocycles. The zero-order valence-corrected chi connectivity index (χ0v) is 12.7. The standard InChI is InChI=1S/C14H19IO2/c1-10(8-13(16)9-14(2,3)17)11-4-6-12(15)7-5-11/h4-7,10,17H,8-9H2,1-3H3/t10-/m0/s1. The van der Waals surface area contributed by atoms with Crippen molar-refractivity contribution in [2.75, 3.05) is 0 Å². The third-order valence-corrected chi connectivity index (χ3v) is 3.32. The molecule has 17 heavy (non-hydrogen) atoms. The van der Waals surface area contributed by atoms with E-state index >= 15 is 0 Å². The van der Waals surface area contributed by atoms with Gasteiger partial charge in [-0.1, -0.05) is 19.1 Å². The topological polar surface area (TPSA) is 37.3 Å². The van der Waals surface area contributed by atoms with Crippen molar-refractivity contribution in [3.05, 3.63) is 33.4 Å². The maximum absolute atomic E-state index is 11.7. The van der Waals surface area contributed by atoms with Crippen LogP contribution in [0.2, 0.25) is 0 Å². The van der Waals surface area contributed by atoms with E-state index in [0.29, 0.717) is 6.42 Å². The molecule has 0 amide bonds. The summed E-state index contributed by atoms with van der Waals surface area (Å²) in [5, 5.41) is 9.59. The van der Waals surface area contributed by atoms with Crippen molar-refractivity contribution in [3.63, 3.8) is 0 Å². The Labute approximate surface area is 117 Å². The molecule has 1 atom stereocenters. The number of Topliss-reactive ketones (excluding diaryl/α,β-unsaturated/α-hetero) is 1. The quantitative estimate of drug-likeness (QED) is 0.829. The molecule has 1 N–H and O–H groups in total. The van der Waals surface area contributed by atoms with Crippen molar-refractivity contribution >= 4 is 28.4 Å². The molecule has 1 aromatic carbocycles. The number of hydrogen-bond donors (Lipinski definition) is 1. The van der Waals surface area contributed by atoms with Crippen LogP contribution in [-0.2, 0) is 4.79 Å². The Hall–Kier alpha value is -0.420. The summed E-state index contributed by atoms with van der Waals surface area (Å²) in [6.45, 7) is 5.38. The van der Waals surface area contributed by atoms with Gasteiger partial charge in [-0.3, -0.25) is 4.79 Å². The minimum atomic E-state index is -0.900. The molecule has 1 rings (SSSR count). The highest BCUT2D eigenvalue weighted by Gasteiger charge is 2.20. The van der Waals surface area contributed by atoms with Crippen molar-refractivity contribution in [2.45, 2.75) is 45.1 Å². The van der Waals surface area contributed by atoms with Gasteiger partial charge in [-0.25, -0.2) is 0 Å². The molecule has 0 unspecified atom stereocenters. The Morgan fingerprint density at radius 1 is 1.35 bits per heavy atom. The van der Waals surface area contributed by atoms with E-state index < -0.39 is 5.60 Å². The summed E-state index contributed by atoms with van der Waals surface area (Å²) in [6.07, 6.45) is 0.715. The molecular formula is C14H19IO2. The minimum Gasteiger partial charge on any atom is -0.390 e. The van der Waals surface area contributed by atoms with Gasteiger partial charge in [0.15, 0.2) is 0 Å². The third kappa shape index (κ3) is 5.64. The summed E-state index contributed by atoms with van der Waals surface area (Å²) in [6, 6.07) is 8.22. The predicted molar refractivity (Wildman–Crippen MR) is 78.1 cm³/mol. The first-order valence-electron chi connectivity index (χ1n) is 5.77. The molecule has 0 saturated carbocycles. The predicted octanol–water partition coefficient (Wildman–Crippen LogP) is 3.51. The van der Waals surface area contributed by atoms with Crippen molar-refractivity contribution in [3.8, 4) is 0 Å². The first-order valence-corrected chi connectivity index (χ1v) is 6.85. The molecule has 3 heteroatoms. The van der Waals surface area contributed by atoms with Gasteiger partial charge in [-0.2, -0.15) is 0 Å². The van der Waals surface area contributed by atoms with Crippen molar-refractivity contribution < 1.29 is 9.90 Å². The van der Waals surface area contributed by atoms with Crippen molar-refractivity contribution in [1.82, 2.24) is 0 Å². The largest absolute Gasteiger partial charge is 0.390 e. The van der Waals surface area contributed by atoms with Gasteiger partial charge >= 0.3 is 0 Å². The van der Waals surface area contributed by atoms with E-state index in [-0.39, 0.29) is 18.1 Å². The van der Waals surface area contributed by atoms with Crippen LogP contribution < -0.4 is 0 Å². The van der Waals surface area contributed by atoms with Crippen LogP contribution in [0.4, 0.5) is 0 Å². The van der Waals surface area contributed by atoms with E-state index in [1.54, 1.807) is 13.8 Å². The molecule has 0 saturated heterocycles. The molecule has 0 radical (unpaired) electrons. The van der Waals surface area contributed by atoms with Gasteiger partial charge < -0.3 is 5.11 Å². The molecule has 2 nitrogen and oxygen atoms in total. The summed E-state index contributed by atoms with van der Waals surface area (Å²) < 4.78 is 1.20. The summed E-state index contributed by atoms with van der Waals surface area (Å²) in [5.41, 5.74) is 0.276. The summed E-state index contributed by atoms with van der Waals surface area (Å²) in [7, 11) is 0. The third-order valence-electron chi connectivity index (χ3n) is 2.60. The number of ketones is 1. The molecule has 0 fully saturated rings. The van der Waals surface area contributed by atoms with E-state index in [4.69, 9.17) is 0 Å². The van der Waals surface area contributed by atoms with Gasteiger partial charge in [0, 0.05) is 16.4 Å².